The minimum atomic E-state index is -0.806. The smallest absolute Gasteiger partial charge is 0.340 e. The maximum atomic E-state index is 14.4. The quantitative estimate of drug-likeness (QED) is 0.512. The molecule has 1 aliphatic heterocycles. The summed E-state index contributed by atoms with van der Waals surface area (Å²) in [6.45, 7) is 2.44. The van der Waals surface area contributed by atoms with Crippen molar-refractivity contribution in [2.45, 2.75) is 19.4 Å². The first-order valence-corrected chi connectivity index (χ1v) is 9.94. The van der Waals surface area contributed by atoms with Crippen molar-refractivity contribution in [2.75, 3.05) is 25.5 Å². The second kappa shape index (κ2) is 9.02. The number of likely N-dealkylation sites (tertiary alicyclic amines) is 1. The molecule has 2 aromatic rings. The fraction of sp³-hybridized carbons (Fsp3) is 0.286. The molecule has 1 atom stereocenters. The zero-order valence-electron chi connectivity index (χ0n) is 16.4. The number of halogens is 3. The van der Waals surface area contributed by atoms with Crippen molar-refractivity contribution in [3.8, 4) is 0 Å². The molecule has 1 aliphatic rings. The van der Waals surface area contributed by atoms with Gasteiger partial charge in [0.2, 0.25) is 0 Å². The summed E-state index contributed by atoms with van der Waals surface area (Å²) in [7, 11) is 1.17. The topological polar surface area (TPSA) is 82.5 Å². The third kappa shape index (κ3) is 4.74. The van der Waals surface area contributed by atoms with Crippen molar-refractivity contribution in [3.05, 3.63) is 62.9 Å². The van der Waals surface area contributed by atoms with Gasteiger partial charge in [0.05, 0.1) is 12.7 Å². The van der Waals surface area contributed by atoms with Crippen LogP contribution in [0.15, 0.2) is 30.3 Å². The van der Waals surface area contributed by atoms with E-state index >= 15 is 0 Å². The van der Waals surface area contributed by atoms with E-state index in [1.54, 1.807) is 30.0 Å². The number of benzene rings is 2. The van der Waals surface area contributed by atoms with E-state index in [1.807, 2.05) is 0 Å². The van der Waals surface area contributed by atoms with E-state index in [-0.39, 0.29) is 23.2 Å². The average Bonchev–Trinajstić information content (AvgIpc) is 3.14. The molecule has 0 aromatic heterocycles. The van der Waals surface area contributed by atoms with Crippen LogP contribution in [-0.2, 0) is 4.74 Å². The van der Waals surface area contributed by atoms with Crippen molar-refractivity contribution >= 4 is 46.5 Å². The number of hydrogen-bond donors (Lipinski definition) is 2. The molecule has 30 heavy (non-hydrogen) atoms. The van der Waals surface area contributed by atoms with Crippen LogP contribution >= 0.6 is 23.2 Å². The highest BCUT2D eigenvalue weighted by atomic mass is 35.5. The van der Waals surface area contributed by atoms with Gasteiger partial charge in [-0.25, -0.2) is 9.18 Å². The van der Waals surface area contributed by atoms with Crippen LogP contribution in [0.25, 0.3) is 0 Å². The first-order chi connectivity index (χ1) is 14.2. The van der Waals surface area contributed by atoms with Crippen LogP contribution in [0, 0.1) is 11.2 Å². The molecule has 2 aromatic carbocycles. The average molecular weight is 452 g/mol. The number of carbonyl (C=O) groups excluding carboxylic acids is 2. The lowest BCUT2D eigenvalue weighted by Gasteiger charge is -2.20. The van der Waals surface area contributed by atoms with Crippen molar-refractivity contribution in [3.63, 3.8) is 0 Å². The van der Waals surface area contributed by atoms with Crippen LogP contribution in [0.2, 0.25) is 10.0 Å². The van der Waals surface area contributed by atoms with Gasteiger partial charge >= 0.3 is 5.97 Å². The van der Waals surface area contributed by atoms with E-state index in [0.29, 0.717) is 46.4 Å². The van der Waals surface area contributed by atoms with Crippen LogP contribution in [-0.4, -0.2) is 48.7 Å². The molecule has 0 aliphatic carbocycles. The predicted molar refractivity (Wildman–Crippen MR) is 115 cm³/mol. The highest BCUT2D eigenvalue weighted by Crippen LogP contribution is 2.26. The van der Waals surface area contributed by atoms with Gasteiger partial charge in [-0.3, -0.25) is 4.79 Å². The van der Waals surface area contributed by atoms with Crippen LogP contribution in [0.3, 0.4) is 0 Å². The Balaban J connectivity index is 1.78. The summed E-state index contributed by atoms with van der Waals surface area (Å²) < 4.78 is 19.0. The van der Waals surface area contributed by atoms with Crippen LogP contribution in [0.1, 0.15) is 39.6 Å². The van der Waals surface area contributed by atoms with E-state index in [2.05, 4.69) is 10.1 Å². The molecular weight excluding hydrogens is 432 g/mol. The maximum absolute atomic E-state index is 14.4. The molecule has 0 saturated carbocycles. The fourth-order valence-corrected chi connectivity index (χ4v) is 3.94. The highest BCUT2D eigenvalue weighted by Gasteiger charge is 2.28. The molecule has 0 radical (unpaired) electrons. The molecule has 0 bridgehead atoms. The molecule has 2 N–H and O–H groups in total. The Kier molecular flexibility index (Phi) is 6.63. The molecule has 1 unspecified atom stereocenters. The number of methoxy groups -OCH3 is 1. The SMILES string of the molecule is COC(=O)c1cc(C(C)=N)c(NC2CCN(C(=O)c3cc(Cl)cc(Cl)c3)C2)cc1F. The largest absolute Gasteiger partial charge is 0.465 e. The molecule has 1 heterocycles. The van der Waals surface area contributed by atoms with E-state index in [0.717, 1.165) is 0 Å². The second-order valence-corrected chi connectivity index (χ2v) is 7.91. The molecule has 1 fully saturated rings. The summed E-state index contributed by atoms with van der Waals surface area (Å²) in [6.07, 6.45) is 0.636. The minimum absolute atomic E-state index is 0.148. The standard InChI is InChI=1S/C21H20Cl2FN3O3/c1-11(25)16-8-17(21(29)30-2)18(24)9-19(16)26-15-3-4-27(10-15)20(28)12-5-13(22)7-14(23)6-12/h5-9,15,25-26H,3-4,10H2,1-2H3. The maximum Gasteiger partial charge on any atom is 0.340 e. The fourth-order valence-electron chi connectivity index (χ4n) is 3.41. The molecule has 1 amide bonds. The van der Waals surface area contributed by atoms with E-state index < -0.39 is 11.8 Å². The van der Waals surface area contributed by atoms with E-state index in [4.69, 9.17) is 28.6 Å². The Morgan fingerprint density at radius 1 is 1.17 bits per heavy atom. The lowest BCUT2D eigenvalue weighted by Crippen LogP contribution is -2.31. The molecule has 6 nitrogen and oxygen atoms in total. The number of anilines is 1. The van der Waals surface area contributed by atoms with Crippen molar-refractivity contribution in [1.29, 1.82) is 5.41 Å². The molecule has 9 heteroatoms. The van der Waals surface area contributed by atoms with Crippen molar-refractivity contribution in [2.24, 2.45) is 0 Å². The number of nitrogens with zero attached hydrogens (tertiary/aromatic N) is 1. The van der Waals surface area contributed by atoms with Gasteiger partial charge in [0.1, 0.15) is 5.82 Å². The zero-order chi connectivity index (χ0) is 22.0. The monoisotopic (exact) mass is 451 g/mol. The molecule has 0 spiro atoms. The third-order valence-electron chi connectivity index (χ3n) is 4.86. The normalized spacial score (nSPS) is 15.8. The third-order valence-corrected chi connectivity index (χ3v) is 5.30. The van der Waals surface area contributed by atoms with Gasteiger partial charge in [-0.2, -0.15) is 0 Å². The van der Waals surface area contributed by atoms with Crippen LogP contribution in [0.4, 0.5) is 10.1 Å². The first-order valence-electron chi connectivity index (χ1n) is 9.19. The number of ether oxygens (including phenoxy) is 1. The Labute approximate surface area is 183 Å². The Morgan fingerprint density at radius 2 is 1.83 bits per heavy atom. The van der Waals surface area contributed by atoms with Gasteiger partial charge in [0.15, 0.2) is 0 Å². The van der Waals surface area contributed by atoms with Crippen LogP contribution < -0.4 is 5.32 Å². The second-order valence-electron chi connectivity index (χ2n) is 7.03. The zero-order valence-corrected chi connectivity index (χ0v) is 17.9. The summed E-state index contributed by atoms with van der Waals surface area (Å²) in [5.74, 6) is -1.74. The summed E-state index contributed by atoms with van der Waals surface area (Å²) in [4.78, 5) is 26.2. The molecule has 158 valence electrons. The Bertz CT molecular complexity index is 1010. The van der Waals surface area contributed by atoms with Crippen molar-refractivity contribution in [1.82, 2.24) is 4.90 Å². The Morgan fingerprint density at radius 3 is 2.43 bits per heavy atom. The minimum Gasteiger partial charge on any atom is -0.465 e. The molecule has 3 rings (SSSR count). The Hall–Kier alpha value is -2.64. The van der Waals surface area contributed by atoms with Gasteiger partial charge in [-0.05, 0) is 43.7 Å². The van der Waals surface area contributed by atoms with Gasteiger partial charge in [-0.15, -0.1) is 0 Å². The summed E-state index contributed by atoms with van der Waals surface area (Å²) in [6, 6.07) is 7.02. The molecule has 1 saturated heterocycles. The number of carbonyl (C=O) groups is 2. The highest BCUT2D eigenvalue weighted by molar-refractivity contribution is 6.35. The lowest BCUT2D eigenvalue weighted by atomic mass is 10.0. The van der Waals surface area contributed by atoms with Gasteiger partial charge < -0.3 is 20.4 Å². The number of nitrogens with one attached hydrogen (secondary N) is 2. The number of amides is 1. The number of esters is 1. The summed E-state index contributed by atoms with van der Waals surface area (Å²) in [5, 5.41) is 11.9. The van der Waals surface area contributed by atoms with Crippen LogP contribution in [0.5, 0.6) is 0 Å². The van der Waals surface area contributed by atoms with Gasteiger partial charge in [-0.1, -0.05) is 23.2 Å². The van der Waals surface area contributed by atoms with Gasteiger partial charge in [0.25, 0.3) is 5.91 Å². The lowest BCUT2D eigenvalue weighted by molar-refractivity contribution is 0.0595. The molecular formula is C21H20Cl2FN3O3. The predicted octanol–water partition coefficient (Wildman–Crippen LogP) is 4.63. The van der Waals surface area contributed by atoms with E-state index in [1.165, 1.54) is 19.2 Å². The number of hydrogen-bond acceptors (Lipinski definition) is 5. The summed E-state index contributed by atoms with van der Waals surface area (Å²) in [5.41, 5.74) is 1.12. The summed E-state index contributed by atoms with van der Waals surface area (Å²) >= 11 is 12.0. The van der Waals surface area contributed by atoms with Crippen molar-refractivity contribution < 1.29 is 18.7 Å². The van der Waals surface area contributed by atoms with Gasteiger partial charge in [0, 0.05) is 51.7 Å². The first kappa shape index (κ1) is 22.1. The number of rotatable bonds is 5. The van der Waals surface area contributed by atoms with E-state index in [9.17, 15) is 14.0 Å².